The zero-order chi connectivity index (χ0) is 14.8. The highest BCUT2D eigenvalue weighted by Crippen LogP contribution is 2.26. The molecule has 0 amide bonds. The second-order valence-corrected chi connectivity index (χ2v) is 4.38. The van der Waals surface area contributed by atoms with Gasteiger partial charge in [-0.15, -0.1) is 0 Å². The quantitative estimate of drug-likeness (QED) is 0.689. The number of nitrogens with one attached hydrogen (secondary N) is 1. The molecule has 0 heterocycles. The Hall–Kier alpha value is -1.75. The van der Waals surface area contributed by atoms with E-state index in [4.69, 9.17) is 14.6 Å². The van der Waals surface area contributed by atoms with Crippen molar-refractivity contribution in [3.8, 4) is 11.5 Å². The molecular weight excluding hydrogens is 258 g/mol. The number of carbonyl (C=O) groups is 1. The lowest BCUT2D eigenvalue weighted by molar-refractivity contribution is -0.139. The van der Waals surface area contributed by atoms with Gasteiger partial charge in [0, 0.05) is 6.42 Å². The van der Waals surface area contributed by atoms with Crippen LogP contribution in [0.15, 0.2) is 24.3 Å². The maximum atomic E-state index is 11.0. The van der Waals surface area contributed by atoms with E-state index in [-0.39, 0.29) is 0 Å². The normalized spacial score (nSPS) is 11.9. The number of para-hydroxylation sites is 2. The Morgan fingerprint density at radius 2 is 1.80 bits per heavy atom. The van der Waals surface area contributed by atoms with Gasteiger partial charge in [0.25, 0.3) is 0 Å². The highest BCUT2D eigenvalue weighted by Gasteiger charge is 2.16. The zero-order valence-corrected chi connectivity index (χ0v) is 12.1. The van der Waals surface area contributed by atoms with Gasteiger partial charge < -0.3 is 19.9 Å². The highest BCUT2D eigenvalue weighted by molar-refractivity contribution is 5.73. The summed E-state index contributed by atoms with van der Waals surface area (Å²) in [6.45, 7) is 5.50. The number of carboxylic acids is 1. The molecule has 0 spiro atoms. The van der Waals surface area contributed by atoms with Crippen molar-refractivity contribution in [2.75, 3.05) is 19.8 Å². The van der Waals surface area contributed by atoms with E-state index in [0.29, 0.717) is 37.7 Å². The van der Waals surface area contributed by atoms with Crippen LogP contribution in [0.4, 0.5) is 0 Å². The maximum Gasteiger partial charge on any atom is 0.320 e. The molecule has 1 atom stereocenters. The second-order valence-electron chi connectivity index (χ2n) is 4.38. The third-order valence-corrected chi connectivity index (χ3v) is 2.72. The summed E-state index contributed by atoms with van der Waals surface area (Å²) in [4.78, 5) is 11.0. The molecule has 5 nitrogen and oxygen atoms in total. The van der Waals surface area contributed by atoms with Crippen molar-refractivity contribution in [3.05, 3.63) is 24.3 Å². The van der Waals surface area contributed by atoms with Crippen LogP contribution in [0.2, 0.25) is 0 Å². The Bertz CT molecular complexity index is 409. The molecular formula is C15H23NO4. The van der Waals surface area contributed by atoms with Crippen LogP contribution in [0.5, 0.6) is 11.5 Å². The molecule has 0 aromatic heterocycles. The number of hydrogen-bond acceptors (Lipinski definition) is 4. The van der Waals surface area contributed by atoms with E-state index in [1.54, 1.807) is 0 Å². The van der Waals surface area contributed by atoms with Crippen molar-refractivity contribution in [3.63, 3.8) is 0 Å². The molecule has 2 N–H and O–H groups in total. The van der Waals surface area contributed by atoms with E-state index in [2.05, 4.69) is 5.32 Å². The van der Waals surface area contributed by atoms with Gasteiger partial charge in [-0.25, -0.2) is 0 Å². The van der Waals surface area contributed by atoms with E-state index in [0.717, 1.165) is 6.42 Å². The molecule has 0 aliphatic carbocycles. The van der Waals surface area contributed by atoms with Gasteiger partial charge in [0.2, 0.25) is 0 Å². The minimum Gasteiger partial charge on any atom is -0.490 e. The van der Waals surface area contributed by atoms with Crippen molar-refractivity contribution in [2.45, 2.75) is 32.7 Å². The predicted octanol–water partition coefficient (Wildman–Crippen LogP) is 2.31. The highest BCUT2D eigenvalue weighted by atomic mass is 16.5. The number of hydrogen-bond donors (Lipinski definition) is 2. The molecule has 1 aromatic carbocycles. The van der Waals surface area contributed by atoms with Gasteiger partial charge in [0.05, 0.1) is 13.2 Å². The topological polar surface area (TPSA) is 67.8 Å². The van der Waals surface area contributed by atoms with Crippen LogP contribution in [-0.4, -0.2) is 36.9 Å². The molecule has 0 aliphatic rings. The summed E-state index contributed by atoms with van der Waals surface area (Å²) in [5, 5.41) is 11.9. The Morgan fingerprint density at radius 3 is 2.30 bits per heavy atom. The average Bonchev–Trinajstić information content (AvgIpc) is 2.45. The van der Waals surface area contributed by atoms with Crippen LogP contribution in [0.25, 0.3) is 0 Å². The molecule has 20 heavy (non-hydrogen) atoms. The van der Waals surface area contributed by atoms with E-state index >= 15 is 0 Å². The summed E-state index contributed by atoms with van der Waals surface area (Å²) < 4.78 is 11.2. The molecule has 0 bridgehead atoms. The molecule has 1 unspecified atom stereocenters. The van der Waals surface area contributed by atoms with Gasteiger partial charge in [-0.3, -0.25) is 4.79 Å². The van der Waals surface area contributed by atoms with Crippen molar-refractivity contribution >= 4 is 5.97 Å². The van der Waals surface area contributed by atoms with E-state index in [1.807, 2.05) is 38.1 Å². The number of aliphatic carboxylic acids is 1. The standard InChI is InChI=1S/C15H23NO4/c1-3-10-19-13-7-5-6-8-14(13)20-11-9-12(15(17)18)16-4-2/h5-8,12,16H,3-4,9-11H2,1-2H3,(H,17,18). The molecule has 0 aliphatic heterocycles. The van der Waals surface area contributed by atoms with E-state index in [1.165, 1.54) is 0 Å². The number of carboxylic acid groups (broad SMARTS) is 1. The SMILES string of the molecule is CCCOc1ccccc1OCCC(NCC)C(=O)O. The Balaban J connectivity index is 2.50. The number of ether oxygens (including phenoxy) is 2. The third-order valence-electron chi connectivity index (χ3n) is 2.72. The smallest absolute Gasteiger partial charge is 0.320 e. The van der Waals surface area contributed by atoms with Gasteiger partial charge in [-0.2, -0.15) is 0 Å². The summed E-state index contributed by atoms with van der Waals surface area (Å²) in [5.41, 5.74) is 0. The van der Waals surface area contributed by atoms with Crippen LogP contribution in [0.1, 0.15) is 26.7 Å². The van der Waals surface area contributed by atoms with Gasteiger partial charge in [-0.05, 0) is 25.1 Å². The fourth-order valence-electron chi connectivity index (χ4n) is 1.75. The van der Waals surface area contributed by atoms with Gasteiger partial charge in [0.15, 0.2) is 11.5 Å². The lowest BCUT2D eigenvalue weighted by Gasteiger charge is -2.15. The number of benzene rings is 1. The van der Waals surface area contributed by atoms with Crippen molar-refractivity contribution < 1.29 is 19.4 Å². The first-order valence-corrected chi connectivity index (χ1v) is 6.99. The number of likely N-dealkylation sites (N-methyl/N-ethyl adjacent to an activating group) is 1. The van der Waals surface area contributed by atoms with Gasteiger partial charge >= 0.3 is 5.97 Å². The van der Waals surface area contributed by atoms with Crippen LogP contribution < -0.4 is 14.8 Å². The fraction of sp³-hybridized carbons (Fsp3) is 0.533. The molecule has 112 valence electrons. The van der Waals surface area contributed by atoms with Crippen molar-refractivity contribution in [1.82, 2.24) is 5.32 Å². The van der Waals surface area contributed by atoms with Crippen molar-refractivity contribution in [1.29, 1.82) is 0 Å². The van der Waals surface area contributed by atoms with Crippen LogP contribution in [-0.2, 0) is 4.79 Å². The summed E-state index contributed by atoms with van der Waals surface area (Å²) >= 11 is 0. The second kappa shape index (κ2) is 9.20. The first kappa shape index (κ1) is 16.3. The first-order chi connectivity index (χ1) is 9.69. The molecule has 1 aromatic rings. The molecule has 0 fully saturated rings. The van der Waals surface area contributed by atoms with E-state index < -0.39 is 12.0 Å². The molecule has 5 heteroatoms. The predicted molar refractivity (Wildman–Crippen MR) is 77.4 cm³/mol. The Kier molecular flexibility index (Phi) is 7.50. The minimum absolute atomic E-state index is 0.330. The first-order valence-electron chi connectivity index (χ1n) is 6.99. The summed E-state index contributed by atoms with van der Waals surface area (Å²) in [6.07, 6.45) is 1.33. The molecule has 0 saturated carbocycles. The van der Waals surface area contributed by atoms with Crippen molar-refractivity contribution in [2.24, 2.45) is 0 Å². The lowest BCUT2D eigenvalue weighted by atomic mass is 10.2. The lowest BCUT2D eigenvalue weighted by Crippen LogP contribution is -2.37. The van der Waals surface area contributed by atoms with Gasteiger partial charge in [0.1, 0.15) is 6.04 Å². The Morgan fingerprint density at radius 1 is 1.20 bits per heavy atom. The molecule has 1 rings (SSSR count). The zero-order valence-electron chi connectivity index (χ0n) is 12.1. The van der Waals surface area contributed by atoms with Crippen LogP contribution in [0.3, 0.4) is 0 Å². The Labute approximate surface area is 119 Å². The molecule has 0 saturated heterocycles. The monoisotopic (exact) mass is 281 g/mol. The summed E-state index contributed by atoms with van der Waals surface area (Å²) in [6, 6.07) is 6.85. The van der Waals surface area contributed by atoms with E-state index in [9.17, 15) is 4.79 Å². The largest absolute Gasteiger partial charge is 0.490 e. The minimum atomic E-state index is -0.856. The van der Waals surface area contributed by atoms with Crippen LogP contribution >= 0.6 is 0 Å². The third kappa shape index (κ3) is 5.48. The molecule has 0 radical (unpaired) electrons. The maximum absolute atomic E-state index is 11.0. The summed E-state index contributed by atoms with van der Waals surface area (Å²) in [5.74, 6) is 0.497. The number of rotatable bonds is 10. The van der Waals surface area contributed by atoms with Gasteiger partial charge in [-0.1, -0.05) is 26.0 Å². The fourth-order valence-corrected chi connectivity index (χ4v) is 1.75. The van der Waals surface area contributed by atoms with Crippen LogP contribution in [0, 0.1) is 0 Å². The summed E-state index contributed by atoms with van der Waals surface area (Å²) in [7, 11) is 0. The average molecular weight is 281 g/mol.